The van der Waals surface area contributed by atoms with Crippen LogP contribution in [0.25, 0.3) is 0 Å². The number of ether oxygens (including phenoxy) is 1. The zero-order valence-corrected chi connectivity index (χ0v) is 23.3. The van der Waals surface area contributed by atoms with E-state index in [4.69, 9.17) is 4.74 Å². The molecule has 0 spiro atoms. The number of esters is 1. The van der Waals surface area contributed by atoms with Crippen molar-refractivity contribution in [3.05, 3.63) is 34.3 Å². The highest BCUT2D eigenvalue weighted by Gasteiger charge is 2.68. The van der Waals surface area contributed by atoms with E-state index in [2.05, 4.69) is 37.3 Å². The fourth-order valence-electron chi connectivity index (χ4n) is 8.31. The van der Waals surface area contributed by atoms with Crippen LogP contribution in [0.2, 0.25) is 0 Å². The van der Waals surface area contributed by atoms with Gasteiger partial charge in [0.25, 0.3) is 5.56 Å². The van der Waals surface area contributed by atoms with Gasteiger partial charge in [-0.2, -0.15) is 0 Å². The molecule has 3 saturated carbocycles. The van der Waals surface area contributed by atoms with Crippen molar-refractivity contribution in [1.29, 1.82) is 0 Å². The Bertz CT molecular complexity index is 1180. The van der Waals surface area contributed by atoms with Crippen molar-refractivity contribution in [2.24, 2.45) is 34.0 Å². The van der Waals surface area contributed by atoms with Gasteiger partial charge in [0, 0.05) is 28.7 Å². The minimum absolute atomic E-state index is 0.0101. The zero-order valence-electron chi connectivity index (χ0n) is 22.5. The number of ketones is 1. The van der Waals surface area contributed by atoms with Gasteiger partial charge in [-0.3, -0.25) is 14.4 Å². The summed E-state index contributed by atoms with van der Waals surface area (Å²) in [5.74, 6) is -0.273. The third kappa shape index (κ3) is 4.05. The lowest BCUT2D eigenvalue weighted by molar-refractivity contribution is -0.205. The number of carbonyl (C=O) groups is 2. The number of rotatable bonds is 5. The number of H-pyrrole nitrogens is 1. The molecule has 202 valence electrons. The molecule has 3 fully saturated rings. The number of nitrogens with one attached hydrogen (secondary N) is 1. The topological polar surface area (TPSA) is 109 Å². The molecule has 0 aromatic carbocycles. The Balaban J connectivity index is 1.44. The van der Waals surface area contributed by atoms with Crippen LogP contribution in [-0.2, 0) is 27.2 Å². The van der Waals surface area contributed by atoms with Crippen LogP contribution in [0.3, 0.4) is 0 Å². The van der Waals surface area contributed by atoms with Gasteiger partial charge in [0.05, 0.1) is 17.6 Å². The average Bonchev–Trinajstić information content (AvgIpc) is 3.49. The van der Waals surface area contributed by atoms with Crippen LogP contribution in [0.1, 0.15) is 77.5 Å². The van der Waals surface area contributed by atoms with Crippen molar-refractivity contribution in [2.45, 2.75) is 96.4 Å². The second-order valence-corrected chi connectivity index (χ2v) is 13.5. The Kier molecular flexibility index (Phi) is 6.75. The molecule has 37 heavy (non-hydrogen) atoms. The Morgan fingerprint density at radius 2 is 2.00 bits per heavy atom. The van der Waals surface area contributed by atoms with Crippen molar-refractivity contribution >= 4 is 23.5 Å². The van der Waals surface area contributed by atoms with Crippen molar-refractivity contribution in [3.63, 3.8) is 0 Å². The summed E-state index contributed by atoms with van der Waals surface area (Å²) in [4.78, 5) is 46.5. The van der Waals surface area contributed by atoms with E-state index in [1.807, 2.05) is 6.92 Å². The standard InChI is InChI=1S/C29H40N2O5S/c1-6-27(4)14-21(36-22(33)15-37-26-30-19-9-7-8-18(19)25(35)31-26)28(5)16(2)10-12-29(17(3)24(27)34)13-11-20(32)23(28)29/h6,16-17,21,23-24,34H,1,7-15H2,2-5H3,(H,30,31,35)/t16-,17+,21-,23+,24+,27-,28+,29+/m1/s1. The third-order valence-corrected chi connectivity index (χ3v) is 11.7. The van der Waals surface area contributed by atoms with Crippen LogP contribution < -0.4 is 5.56 Å². The summed E-state index contributed by atoms with van der Waals surface area (Å²) in [6, 6.07) is 0. The Morgan fingerprint density at radius 1 is 1.24 bits per heavy atom. The number of nitrogens with zero attached hydrogens (tertiary/aromatic N) is 1. The largest absolute Gasteiger partial charge is 0.461 e. The van der Waals surface area contributed by atoms with Gasteiger partial charge in [-0.1, -0.05) is 45.5 Å². The first-order chi connectivity index (χ1) is 17.5. The quantitative estimate of drug-likeness (QED) is 0.254. The highest BCUT2D eigenvalue weighted by Crippen LogP contribution is 2.68. The van der Waals surface area contributed by atoms with E-state index < -0.39 is 29.0 Å². The molecule has 0 saturated heterocycles. The summed E-state index contributed by atoms with van der Waals surface area (Å²) < 4.78 is 6.27. The van der Waals surface area contributed by atoms with Gasteiger partial charge >= 0.3 is 5.97 Å². The Hall–Kier alpha value is -1.93. The highest BCUT2D eigenvalue weighted by atomic mass is 32.2. The summed E-state index contributed by atoms with van der Waals surface area (Å²) in [5.41, 5.74) is -0.0406. The fraction of sp³-hybridized carbons (Fsp3) is 0.724. The molecule has 1 aromatic rings. The highest BCUT2D eigenvalue weighted by molar-refractivity contribution is 7.99. The van der Waals surface area contributed by atoms with Crippen molar-refractivity contribution in [3.8, 4) is 0 Å². The SMILES string of the molecule is C=C[C@]1(C)C[C@@H](OC(=O)CSc2nc3c(c(=O)[nH]2)CCC3)[C@]2(C)[C@H](C)CC[C@]3(CCC(=O)[C@H]32)[C@@H](C)[C@@H]1O. The molecule has 0 aliphatic heterocycles. The molecule has 0 radical (unpaired) electrons. The van der Waals surface area contributed by atoms with E-state index in [-0.39, 0.29) is 40.3 Å². The van der Waals surface area contributed by atoms with Crippen molar-refractivity contribution in [2.75, 3.05) is 5.75 Å². The number of hydrogen-bond donors (Lipinski definition) is 2. The maximum absolute atomic E-state index is 13.5. The molecule has 0 unspecified atom stereocenters. The smallest absolute Gasteiger partial charge is 0.316 e. The van der Waals surface area contributed by atoms with E-state index >= 15 is 0 Å². The van der Waals surface area contributed by atoms with Gasteiger partial charge in [0.1, 0.15) is 11.9 Å². The lowest BCUT2D eigenvalue weighted by Gasteiger charge is -2.61. The second kappa shape index (κ2) is 9.37. The van der Waals surface area contributed by atoms with Crippen LogP contribution in [0.4, 0.5) is 0 Å². The molecule has 0 amide bonds. The fourth-order valence-corrected chi connectivity index (χ4v) is 8.97. The zero-order chi connectivity index (χ0) is 26.8. The maximum atomic E-state index is 13.5. The minimum Gasteiger partial charge on any atom is -0.461 e. The molecule has 5 rings (SSSR count). The molecule has 2 bridgehead atoms. The Labute approximate surface area is 223 Å². The van der Waals surface area contributed by atoms with Gasteiger partial charge in [-0.25, -0.2) is 4.98 Å². The van der Waals surface area contributed by atoms with Gasteiger partial charge in [0.2, 0.25) is 0 Å². The average molecular weight is 529 g/mol. The summed E-state index contributed by atoms with van der Waals surface area (Å²) in [7, 11) is 0. The summed E-state index contributed by atoms with van der Waals surface area (Å²) in [5, 5.41) is 12.1. The molecule has 1 aromatic heterocycles. The van der Waals surface area contributed by atoms with E-state index in [1.165, 1.54) is 11.8 Å². The number of aromatic nitrogens is 2. The lowest BCUT2D eigenvalue weighted by atomic mass is 9.44. The molecular weight excluding hydrogens is 488 g/mol. The number of carbonyl (C=O) groups excluding carboxylic acids is 2. The number of Topliss-reactive ketones (excluding diaryl/α,β-unsaturated/α-hetero) is 1. The molecule has 7 nitrogen and oxygen atoms in total. The van der Waals surface area contributed by atoms with E-state index in [9.17, 15) is 19.5 Å². The summed E-state index contributed by atoms with van der Waals surface area (Å²) in [6.45, 7) is 12.5. The molecule has 4 aliphatic carbocycles. The number of thioether (sulfide) groups is 1. The summed E-state index contributed by atoms with van der Waals surface area (Å²) in [6.07, 6.45) is 6.57. The van der Waals surface area contributed by atoms with Crippen LogP contribution in [0, 0.1) is 34.0 Å². The number of hydrogen-bond acceptors (Lipinski definition) is 7. The summed E-state index contributed by atoms with van der Waals surface area (Å²) >= 11 is 1.18. The number of aliphatic hydroxyl groups is 1. The van der Waals surface area contributed by atoms with E-state index in [0.717, 1.165) is 49.8 Å². The molecule has 8 atom stereocenters. The Morgan fingerprint density at radius 3 is 2.73 bits per heavy atom. The predicted octanol–water partition coefficient (Wildman–Crippen LogP) is 4.26. The van der Waals surface area contributed by atoms with Gasteiger partial charge < -0.3 is 14.8 Å². The van der Waals surface area contributed by atoms with Crippen LogP contribution in [0.15, 0.2) is 22.6 Å². The first-order valence-electron chi connectivity index (χ1n) is 13.7. The number of aliphatic hydroxyl groups excluding tert-OH is 1. The van der Waals surface area contributed by atoms with Crippen LogP contribution in [0.5, 0.6) is 0 Å². The maximum Gasteiger partial charge on any atom is 0.316 e. The van der Waals surface area contributed by atoms with E-state index in [1.54, 1.807) is 6.08 Å². The molecule has 4 aliphatic rings. The third-order valence-electron chi connectivity index (χ3n) is 10.8. The van der Waals surface area contributed by atoms with Crippen molar-refractivity contribution < 1.29 is 19.4 Å². The lowest BCUT2D eigenvalue weighted by Crippen LogP contribution is -2.63. The molecule has 1 heterocycles. The minimum atomic E-state index is -0.687. The van der Waals surface area contributed by atoms with Crippen molar-refractivity contribution in [1.82, 2.24) is 9.97 Å². The predicted molar refractivity (Wildman–Crippen MR) is 142 cm³/mol. The van der Waals surface area contributed by atoms with Crippen LogP contribution >= 0.6 is 11.8 Å². The van der Waals surface area contributed by atoms with Gasteiger partial charge in [-0.05, 0) is 62.2 Å². The van der Waals surface area contributed by atoms with Gasteiger partial charge in [-0.15, -0.1) is 6.58 Å². The monoisotopic (exact) mass is 528 g/mol. The van der Waals surface area contributed by atoms with Crippen LogP contribution in [-0.4, -0.2) is 44.8 Å². The second-order valence-electron chi connectivity index (χ2n) is 12.5. The molecule has 8 heteroatoms. The number of aryl methyl sites for hydroxylation is 1. The first kappa shape index (κ1) is 26.7. The number of fused-ring (bicyclic) bond motifs is 1. The molecule has 2 N–H and O–H groups in total. The van der Waals surface area contributed by atoms with E-state index in [0.29, 0.717) is 18.0 Å². The normalized spacial score (nSPS) is 40.9. The first-order valence-corrected chi connectivity index (χ1v) is 14.7. The van der Waals surface area contributed by atoms with Gasteiger partial charge in [0.15, 0.2) is 5.16 Å². The molecular formula is C29H40N2O5S. The number of aromatic amines is 1.